The molecule has 0 spiro atoms. The highest BCUT2D eigenvalue weighted by Crippen LogP contribution is 2.38. The van der Waals surface area contributed by atoms with Crippen LogP contribution in [0.25, 0.3) is 0 Å². The van der Waals surface area contributed by atoms with Gasteiger partial charge < -0.3 is 14.8 Å². The van der Waals surface area contributed by atoms with Crippen molar-refractivity contribution in [1.29, 1.82) is 0 Å². The molecule has 0 saturated heterocycles. The van der Waals surface area contributed by atoms with Crippen molar-refractivity contribution in [3.8, 4) is 5.88 Å². The summed E-state index contributed by atoms with van der Waals surface area (Å²) in [4.78, 5) is 16.5. The summed E-state index contributed by atoms with van der Waals surface area (Å²) in [7, 11) is -2.56. The van der Waals surface area contributed by atoms with Gasteiger partial charge in [0.25, 0.3) is 0 Å². The Hall–Kier alpha value is -1.81. The van der Waals surface area contributed by atoms with Gasteiger partial charge in [0.05, 0.1) is 24.4 Å². The fraction of sp³-hybridized carbons (Fsp3) is 0.760. The van der Waals surface area contributed by atoms with E-state index in [9.17, 15) is 22.0 Å². The van der Waals surface area contributed by atoms with Crippen LogP contribution in [0.3, 0.4) is 0 Å². The molecule has 198 valence electrons. The van der Waals surface area contributed by atoms with Gasteiger partial charge in [0, 0.05) is 24.6 Å². The van der Waals surface area contributed by atoms with Crippen molar-refractivity contribution in [3.63, 3.8) is 0 Å². The van der Waals surface area contributed by atoms with E-state index in [2.05, 4.69) is 10.3 Å². The Morgan fingerprint density at radius 1 is 1.20 bits per heavy atom. The van der Waals surface area contributed by atoms with Gasteiger partial charge in [-0.3, -0.25) is 4.79 Å². The van der Waals surface area contributed by atoms with Gasteiger partial charge in [0.2, 0.25) is 11.8 Å². The molecular weight excluding hydrogens is 478 g/mol. The molecule has 2 aliphatic carbocycles. The van der Waals surface area contributed by atoms with Gasteiger partial charge in [-0.2, -0.15) is 0 Å². The van der Waals surface area contributed by atoms with Crippen LogP contribution in [0, 0.1) is 12.8 Å². The lowest BCUT2D eigenvalue weighted by molar-refractivity contribution is -0.145. The van der Waals surface area contributed by atoms with Crippen molar-refractivity contribution in [1.82, 2.24) is 10.3 Å². The summed E-state index contributed by atoms with van der Waals surface area (Å²) in [5.74, 6) is -3.62. The molecule has 1 aromatic heterocycles. The molecule has 2 fully saturated rings. The normalized spacial score (nSPS) is 23.7. The van der Waals surface area contributed by atoms with Gasteiger partial charge in [-0.15, -0.1) is 0 Å². The Labute approximate surface area is 207 Å². The number of aromatic nitrogens is 1. The van der Waals surface area contributed by atoms with Crippen molar-refractivity contribution in [3.05, 3.63) is 17.8 Å². The SMILES string of the molecule is COC(=O)[C@H]1CCC[C@H]1S(=O)(=O)c1ccc(C)nc1O[C@H](C)CCCCNC1CCC(F)(F)CC1. The number of unbranched alkanes of at least 4 members (excludes halogenated alkanes) is 1. The third-order valence-electron chi connectivity index (χ3n) is 7.13. The number of halogens is 2. The molecular formula is C25H38F2N2O5S. The summed E-state index contributed by atoms with van der Waals surface area (Å²) in [5, 5.41) is 2.52. The van der Waals surface area contributed by atoms with Crippen LogP contribution in [0.4, 0.5) is 8.78 Å². The fourth-order valence-electron chi connectivity index (χ4n) is 5.06. The Kier molecular flexibility index (Phi) is 9.48. The van der Waals surface area contributed by atoms with Crippen LogP contribution in [0.5, 0.6) is 5.88 Å². The van der Waals surface area contributed by atoms with Crippen LogP contribution in [0.15, 0.2) is 17.0 Å². The number of esters is 1. The maximum Gasteiger partial charge on any atom is 0.309 e. The summed E-state index contributed by atoms with van der Waals surface area (Å²) in [6.07, 6.45) is 4.59. The number of carbonyl (C=O) groups is 1. The maximum absolute atomic E-state index is 13.5. The molecule has 0 aliphatic heterocycles. The molecule has 0 bridgehead atoms. The van der Waals surface area contributed by atoms with Gasteiger partial charge in [-0.25, -0.2) is 22.2 Å². The molecule has 1 heterocycles. The number of alkyl halides is 2. The molecule has 3 atom stereocenters. The van der Waals surface area contributed by atoms with Crippen molar-refractivity contribution in [2.75, 3.05) is 13.7 Å². The summed E-state index contributed by atoms with van der Waals surface area (Å²) in [6.45, 7) is 4.40. The highest BCUT2D eigenvalue weighted by molar-refractivity contribution is 7.92. The van der Waals surface area contributed by atoms with Crippen molar-refractivity contribution in [2.24, 2.45) is 5.92 Å². The molecule has 1 N–H and O–H groups in total. The largest absolute Gasteiger partial charge is 0.474 e. The van der Waals surface area contributed by atoms with E-state index in [-0.39, 0.29) is 35.8 Å². The van der Waals surface area contributed by atoms with Gasteiger partial charge in [0.1, 0.15) is 4.90 Å². The van der Waals surface area contributed by atoms with E-state index in [4.69, 9.17) is 9.47 Å². The molecule has 35 heavy (non-hydrogen) atoms. The number of hydrogen-bond acceptors (Lipinski definition) is 7. The summed E-state index contributed by atoms with van der Waals surface area (Å²) >= 11 is 0. The first-order chi connectivity index (χ1) is 16.5. The first-order valence-corrected chi connectivity index (χ1v) is 14.2. The second kappa shape index (κ2) is 12.0. The number of nitrogens with one attached hydrogen (secondary N) is 1. The minimum absolute atomic E-state index is 0.0199. The van der Waals surface area contributed by atoms with E-state index in [1.807, 2.05) is 6.92 Å². The molecule has 0 amide bonds. The zero-order valence-electron chi connectivity index (χ0n) is 20.9. The van der Waals surface area contributed by atoms with Crippen LogP contribution in [0.1, 0.15) is 76.8 Å². The van der Waals surface area contributed by atoms with Crippen LogP contribution in [-0.2, 0) is 19.4 Å². The number of aryl methyl sites for hydroxylation is 1. The summed E-state index contributed by atoms with van der Waals surface area (Å²) in [6, 6.07) is 3.31. The third kappa shape index (κ3) is 7.35. The summed E-state index contributed by atoms with van der Waals surface area (Å²) < 4.78 is 64.3. The Bertz CT molecular complexity index is 963. The Balaban J connectivity index is 1.54. The summed E-state index contributed by atoms with van der Waals surface area (Å²) in [5.41, 5.74) is 0.643. The molecule has 7 nitrogen and oxygen atoms in total. The van der Waals surface area contributed by atoms with Crippen molar-refractivity contribution in [2.45, 2.75) is 106 Å². The Morgan fingerprint density at radius 3 is 2.60 bits per heavy atom. The lowest BCUT2D eigenvalue weighted by Crippen LogP contribution is -2.37. The number of rotatable bonds is 11. The van der Waals surface area contributed by atoms with Crippen LogP contribution in [-0.4, -0.2) is 56.3 Å². The van der Waals surface area contributed by atoms with Crippen LogP contribution < -0.4 is 10.1 Å². The average Bonchev–Trinajstić information content (AvgIpc) is 3.30. The van der Waals surface area contributed by atoms with E-state index < -0.39 is 32.9 Å². The number of hydrogen-bond donors (Lipinski definition) is 1. The number of ether oxygens (including phenoxy) is 2. The number of sulfone groups is 1. The van der Waals surface area contributed by atoms with Crippen LogP contribution >= 0.6 is 0 Å². The van der Waals surface area contributed by atoms with Gasteiger partial charge in [0.15, 0.2) is 9.84 Å². The lowest BCUT2D eigenvalue weighted by atomic mass is 9.92. The zero-order valence-corrected chi connectivity index (χ0v) is 21.7. The van der Waals surface area contributed by atoms with Gasteiger partial charge in [-0.05, 0) is 77.5 Å². The van der Waals surface area contributed by atoms with E-state index in [1.165, 1.54) is 13.2 Å². The van der Waals surface area contributed by atoms with Crippen molar-refractivity contribution >= 4 is 15.8 Å². The van der Waals surface area contributed by atoms with Gasteiger partial charge >= 0.3 is 5.97 Å². The molecule has 2 saturated carbocycles. The molecule has 2 aliphatic rings. The molecule has 3 rings (SSSR count). The number of methoxy groups -OCH3 is 1. The minimum Gasteiger partial charge on any atom is -0.474 e. The highest BCUT2D eigenvalue weighted by Gasteiger charge is 2.44. The van der Waals surface area contributed by atoms with E-state index >= 15 is 0 Å². The standard InChI is InChI=1S/C25H38F2N2O5S/c1-17-10-11-22(35(31,32)21-9-6-8-20(21)24(30)33-3)23(29-17)34-18(2)7-4-5-16-28-19-12-14-25(26,27)15-13-19/h10-11,18-21,28H,4-9,12-16H2,1-3H3/t18-,20+,21-/m1/s1. The molecule has 10 heteroatoms. The smallest absolute Gasteiger partial charge is 0.309 e. The fourth-order valence-corrected chi connectivity index (χ4v) is 7.14. The first-order valence-electron chi connectivity index (χ1n) is 12.6. The quantitative estimate of drug-likeness (QED) is 0.339. The predicted molar refractivity (Wildman–Crippen MR) is 128 cm³/mol. The van der Waals surface area contributed by atoms with Crippen molar-refractivity contribution < 1.29 is 31.5 Å². The minimum atomic E-state index is -3.84. The topological polar surface area (TPSA) is 94.6 Å². The Morgan fingerprint density at radius 2 is 1.91 bits per heavy atom. The maximum atomic E-state index is 13.5. The van der Waals surface area contributed by atoms with Crippen LogP contribution in [0.2, 0.25) is 0 Å². The first kappa shape index (κ1) is 27.8. The number of nitrogens with zero attached hydrogens (tertiary/aromatic N) is 1. The molecule has 0 aromatic carbocycles. The van der Waals surface area contributed by atoms with E-state index in [0.717, 1.165) is 19.4 Å². The number of carbonyl (C=O) groups excluding carboxylic acids is 1. The second-order valence-electron chi connectivity index (χ2n) is 9.91. The molecule has 0 unspecified atom stereocenters. The van der Waals surface area contributed by atoms with Gasteiger partial charge in [-0.1, -0.05) is 6.42 Å². The number of pyridine rings is 1. The molecule has 1 aromatic rings. The lowest BCUT2D eigenvalue weighted by Gasteiger charge is -2.29. The highest BCUT2D eigenvalue weighted by atomic mass is 32.2. The third-order valence-corrected chi connectivity index (χ3v) is 9.41. The average molecular weight is 517 g/mol. The predicted octanol–water partition coefficient (Wildman–Crippen LogP) is 4.61. The monoisotopic (exact) mass is 516 g/mol. The van der Waals surface area contributed by atoms with E-state index in [0.29, 0.717) is 44.2 Å². The van der Waals surface area contributed by atoms with E-state index in [1.54, 1.807) is 13.0 Å². The molecule has 0 radical (unpaired) electrons. The zero-order chi connectivity index (χ0) is 25.6. The second-order valence-corrected chi connectivity index (χ2v) is 12.0.